The molecule has 0 aliphatic carbocycles. The minimum atomic E-state index is -0.551. The van der Waals surface area contributed by atoms with Gasteiger partial charge in [0.25, 0.3) is 0 Å². The van der Waals surface area contributed by atoms with E-state index in [-0.39, 0.29) is 11.5 Å². The summed E-state index contributed by atoms with van der Waals surface area (Å²) < 4.78 is 4.92. The average molecular weight is 240 g/mol. The van der Waals surface area contributed by atoms with Crippen molar-refractivity contribution >= 4 is 17.3 Å². The van der Waals surface area contributed by atoms with Gasteiger partial charge in [0.1, 0.15) is 5.82 Å². The topological polar surface area (TPSA) is 103 Å². The van der Waals surface area contributed by atoms with Crippen LogP contribution in [0.15, 0.2) is 12.1 Å². The van der Waals surface area contributed by atoms with Crippen LogP contribution >= 0.6 is 0 Å². The molecule has 0 spiro atoms. The molecule has 1 rings (SSSR count). The third kappa shape index (κ3) is 4.23. The van der Waals surface area contributed by atoms with Crippen molar-refractivity contribution in [2.24, 2.45) is 0 Å². The number of nitrogens with one attached hydrogen (secondary N) is 1. The fraction of sp³-hybridized carbons (Fsp3) is 0.500. The molecule has 0 aromatic carbocycles. The number of hydrogen-bond acceptors (Lipinski definition) is 6. The predicted molar refractivity (Wildman–Crippen MR) is 64.9 cm³/mol. The Labute approximate surface area is 99.1 Å². The van der Waals surface area contributed by atoms with Crippen molar-refractivity contribution in [1.29, 1.82) is 0 Å². The first kappa shape index (κ1) is 13.2. The van der Waals surface area contributed by atoms with Crippen molar-refractivity contribution < 1.29 is 9.66 Å². The second-order valence-corrected chi connectivity index (χ2v) is 3.48. The van der Waals surface area contributed by atoms with E-state index in [1.165, 1.54) is 6.07 Å². The molecule has 0 aliphatic rings. The molecule has 0 amide bonds. The Bertz CT molecular complexity index is 384. The largest absolute Gasteiger partial charge is 0.385 e. The highest BCUT2D eigenvalue weighted by molar-refractivity contribution is 5.57. The van der Waals surface area contributed by atoms with E-state index in [1.54, 1.807) is 13.2 Å². The molecule has 94 valence electrons. The van der Waals surface area contributed by atoms with E-state index in [9.17, 15) is 10.1 Å². The maximum atomic E-state index is 10.5. The van der Waals surface area contributed by atoms with Gasteiger partial charge in [-0.1, -0.05) is 0 Å². The number of nitrogen functional groups attached to an aromatic ring is 1. The van der Waals surface area contributed by atoms with Gasteiger partial charge < -0.3 is 15.8 Å². The summed E-state index contributed by atoms with van der Waals surface area (Å²) in [6.07, 6.45) is 1.89. The number of aromatic nitrogens is 1. The third-order valence-electron chi connectivity index (χ3n) is 2.18. The van der Waals surface area contributed by atoms with Crippen molar-refractivity contribution in [2.75, 3.05) is 31.3 Å². The summed E-state index contributed by atoms with van der Waals surface area (Å²) in [6.45, 7) is 1.45. The number of nitrogens with zero attached hydrogens (tertiary/aromatic N) is 2. The second-order valence-electron chi connectivity index (χ2n) is 3.48. The van der Waals surface area contributed by atoms with Gasteiger partial charge in [-0.05, 0) is 18.9 Å². The van der Waals surface area contributed by atoms with Crippen LogP contribution in [0.25, 0.3) is 0 Å². The first-order chi connectivity index (χ1) is 8.15. The lowest BCUT2D eigenvalue weighted by atomic mass is 10.3. The van der Waals surface area contributed by atoms with Crippen molar-refractivity contribution in [3.63, 3.8) is 0 Å². The first-order valence-electron chi connectivity index (χ1n) is 5.29. The SMILES string of the molecule is COCCCCNc1ccc([N+](=O)[O-])c(N)n1. The number of pyridine rings is 1. The van der Waals surface area contributed by atoms with E-state index in [0.717, 1.165) is 26.0 Å². The maximum Gasteiger partial charge on any atom is 0.311 e. The Hall–Kier alpha value is -1.89. The lowest BCUT2D eigenvalue weighted by molar-refractivity contribution is -0.384. The molecule has 0 saturated carbocycles. The Morgan fingerprint density at radius 3 is 2.88 bits per heavy atom. The van der Waals surface area contributed by atoms with Crippen LogP contribution in [0.2, 0.25) is 0 Å². The van der Waals surface area contributed by atoms with Crippen LogP contribution in [-0.4, -0.2) is 30.2 Å². The number of methoxy groups -OCH3 is 1. The van der Waals surface area contributed by atoms with Crippen LogP contribution in [0.3, 0.4) is 0 Å². The number of nitro groups is 1. The van der Waals surface area contributed by atoms with Gasteiger partial charge >= 0.3 is 5.69 Å². The minimum absolute atomic E-state index is 0.0723. The maximum absolute atomic E-state index is 10.5. The summed E-state index contributed by atoms with van der Waals surface area (Å²) in [5, 5.41) is 13.6. The number of hydrogen-bond donors (Lipinski definition) is 2. The van der Waals surface area contributed by atoms with E-state index in [4.69, 9.17) is 10.5 Å². The lowest BCUT2D eigenvalue weighted by Crippen LogP contribution is -2.06. The molecule has 7 nitrogen and oxygen atoms in total. The molecule has 7 heteroatoms. The summed E-state index contributed by atoms with van der Waals surface area (Å²) in [5.74, 6) is 0.474. The lowest BCUT2D eigenvalue weighted by Gasteiger charge is -2.05. The van der Waals surface area contributed by atoms with Crippen LogP contribution in [0.1, 0.15) is 12.8 Å². The summed E-state index contributed by atoms with van der Waals surface area (Å²) in [5.41, 5.74) is 5.29. The molecule has 1 aromatic rings. The number of nitrogens with two attached hydrogens (primary N) is 1. The van der Waals surface area contributed by atoms with Gasteiger partial charge in [0.15, 0.2) is 0 Å². The highest BCUT2D eigenvalue weighted by Gasteiger charge is 2.12. The molecule has 1 aromatic heterocycles. The van der Waals surface area contributed by atoms with E-state index >= 15 is 0 Å². The molecule has 0 atom stereocenters. The van der Waals surface area contributed by atoms with Crippen molar-refractivity contribution in [3.8, 4) is 0 Å². The van der Waals surface area contributed by atoms with Gasteiger partial charge in [0, 0.05) is 26.3 Å². The zero-order chi connectivity index (χ0) is 12.7. The van der Waals surface area contributed by atoms with Crippen LogP contribution in [-0.2, 0) is 4.74 Å². The molecule has 3 N–H and O–H groups in total. The fourth-order valence-electron chi connectivity index (χ4n) is 1.31. The van der Waals surface area contributed by atoms with E-state index in [0.29, 0.717) is 5.82 Å². The molecule has 0 unspecified atom stereocenters. The summed E-state index contributed by atoms with van der Waals surface area (Å²) >= 11 is 0. The van der Waals surface area contributed by atoms with Crippen LogP contribution in [0.4, 0.5) is 17.3 Å². The van der Waals surface area contributed by atoms with Gasteiger partial charge in [-0.2, -0.15) is 0 Å². The minimum Gasteiger partial charge on any atom is -0.385 e. The molecule has 0 saturated heterocycles. The standard InChI is InChI=1S/C10H16N4O3/c1-17-7-3-2-6-12-9-5-4-8(14(15)16)10(11)13-9/h4-5H,2-3,6-7H2,1H3,(H3,11,12,13). The monoisotopic (exact) mass is 240 g/mol. The predicted octanol–water partition coefficient (Wildman–Crippen LogP) is 1.41. The normalized spacial score (nSPS) is 10.2. The van der Waals surface area contributed by atoms with Crippen LogP contribution in [0, 0.1) is 10.1 Å². The van der Waals surface area contributed by atoms with Gasteiger partial charge in [-0.15, -0.1) is 0 Å². The van der Waals surface area contributed by atoms with Crippen LogP contribution < -0.4 is 11.1 Å². The molecule has 1 heterocycles. The van der Waals surface area contributed by atoms with Gasteiger partial charge in [0.2, 0.25) is 5.82 Å². The summed E-state index contributed by atoms with van der Waals surface area (Å²) in [7, 11) is 1.66. The highest BCUT2D eigenvalue weighted by atomic mass is 16.6. The number of rotatable bonds is 7. The Morgan fingerprint density at radius 1 is 1.53 bits per heavy atom. The van der Waals surface area contributed by atoms with Gasteiger partial charge in [-0.3, -0.25) is 10.1 Å². The molecule has 0 fully saturated rings. The van der Waals surface area contributed by atoms with Crippen LogP contribution in [0.5, 0.6) is 0 Å². The number of ether oxygens (including phenoxy) is 1. The van der Waals surface area contributed by atoms with E-state index < -0.39 is 4.92 Å². The highest BCUT2D eigenvalue weighted by Crippen LogP contribution is 2.20. The summed E-state index contributed by atoms with van der Waals surface area (Å²) in [4.78, 5) is 13.9. The van der Waals surface area contributed by atoms with Gasteiger partial charge in [0.05, 0.1) is 4.92 Å². The molecular weight excluding hydrogens is 224 g/mol. The Kier molecular flexibility index (Phi) is 5.15. The second kappa shape index (κ2) is 6.64. The quantitative estimate of drug-likeness (QED) is 0.424. The van der Waals surface area contributed by atoms with Crippen molar-refractivity contribution in [1.82, 2.24) is 4.98 Å². The third-order valence-corrected chi connectivity index (χ3v) is 2.18. The Balaban J connectivity index is 2.45. The zero-order valence-electron chi connectivity index (χ0n) is 9.68. The van der Waals surface area contributed by atoms with Crippen molar-refractivity contribution in [2.45, 2.75) is 12.8 Å². The van der Waals surface area contributed by atoms with Gasteiger partial charge in [-0.25, -0.2) is 4.98 Å². The van der Waals surface area contributed by atoms with Crippen molar-refractivity contribution in [3.05, 3.63) is 22.2 Å². The molecule has 0 aliphatic heterocycles. The van der Waals surface area contributed by atoms with E-state index in [2.05, 4.69) is 10.3 Å². The Morgan fingerprint density at radius 2 is 2.29 bits per heavy atom. The zero-order valence-corrected chi connectivity index (χ0v) is 9.68. The summed E-state index contributed by atoms with van der Waals surface area (Å²) in [6, 6.07) is 2.89. The average Bonchev–Trinajstić information content (AvgIpc) is 2.28. The number of unbranched alkanes of at least 4 members (excludes halogenated alkanes) is 1. The molecular formula is C10H16N4O3. The molecule has 17 heavy (non-hydrogen) atoms. The first-order valence-corrected chi connectivity index (χ1v) is 5.29. The fourth-order valence-corrected chi connectivity index (χ4v) is 1.31. The van der Waals surface area contributed by atoms with E-state index in [1.807, 2.05) is 0 Å². The molecule has 0 radical (unpaired) electrons. The molecule has 0 bridgehead atoms. The number of anilines is 2. The smallest absolute Gasteiger partial charge is 0.311 e.